The van der Waals surface area contributed by atoms with Crippen LogP contribution in [0.2, 0.25) is 0 Å². The van der Waals surface area contributed by atoms with E-state index in [2.05, 4.69) is 0 Å². The Hall–Kier alpha value is -0.960. The molecule has 0 atom stereocenters. The van der Waals surface area contributed by atoms with Gasteiger partial charge in [-0.25, -0.2) is 8.78 Å². The molecule has 15 heavy (non-hydrogen) atoms. The first kappa shape index (κ1) is 9.28. The van der Waals surface area contributed by atoms with Crippen LogP contribution in [0.4, 0.5) is 8.78 Å². The number of rotatable bonds is 2. The van der Waals surface area contributed by atoms with Crippen LogP contribution in [0.3, 0.4) is 0 Å². The molecule has 1 aromatic carbocycles. The zero-order valence-electron chi connectivity index (χ0n) is 8.39. The van der Waals surface area contributed by atoms with Gasteiger partial charge in [0.25, 0.3) is 0 Å². The van der Waals surface area contributed by atoms with Crippen LogP contribution in [-0.4, -0.2) is 5.54 Å². The SMILES string of the molecule is NC1(C2(c3cc(F)ccc3F)CC2)CC1. The topological polar surface area (TPSA) is 26.0 Å². The summed E-state index contributed by atoms with van der Waals surface area (Å²) in [5.74, 6) is -0.687. The fourth-order valence-corrected chi connectivity index (χ4v) is 2.64. The fraction of sp³-hybridized carbons (Fsp3) is 0.500. The molecule has 0 spiro atoms. The van der Waals surface area contributed by atoms with Gasteiger partial charge in [-0.2, -0.15) is 0 Å². The summed E-state index contributed by atoms with van der Waals surface area (Å²) in [4.78, 5) is 0. The van der Waals surface area contributed by atoms with E-state index < -0.39 is 0 Å². The second-order valence-electron chi connectivity index (χ2n) is 4.86. The summed E-state index contributed by atoms with van der Waals surface area (Å²) in [6.07, 6.45) is 3.65. The third-order valence-corrected chi connectivity index (χ3v) is 3.94. The molecule has 2 fully saturated rings. The van der Waals surface area contributed by atoms with Crippen LogP contribution in [0.25, 0.3) is 0 Å². The standard InChI is InChI=1S/C12H13F2N/c13-8-1-2-10(14)9(7-8)11(3-4-11)12(15)5-6-12/h1-2,7H,3-6,15H2. The third-order valence-electron chi connectivity index (χ3n) is 3.94. The summed E-state index contributed by atoms with van der Waals surface area (Å²) >= 11 is 0. The minimum Gasteiger partial charge on any atom is -0.324 e. The molecule has 1 aromatic rings. The molecule has 80 valence electrons. The van der Waals surface area contributed by atoms with E-state index in [1.165, 1.54) is 12.1 Å². The fourth-order valence-electron chi connectivity index (χ4n) is 2.64. The van der Waals surface area contributed by atoms with Crippen LogP contribution < -0.4 is 5.73 Å². The molecule has 2 aliphatic carbocycles. The monoisotopic (exact) mass is 209 g/mol. The molecule has 0 amide bonds. The summed E-state index contributed by atoms with van der Waals surface area (Å²) in [6, 6.07) is 3.68. The highest BCUT2D eigenvalue weighted by Gasteiger charge is 2.64. The van der Waals surface area contributed by atoms with Gasteiger partial charge < -0.3 is 5.73 Å². The lowest BCUT2D eigenvalue weighted by molar-refractivity contribution is 0.468. The van der Waals surface area contributed by atoms with E-state index in [4.69, 9.17) is 5.73 Å². The first-order valence-electron chi connectivity index (χ1n) is 5.32. The summed E-state index contributed by atoms with van der Waals surface area (Å²) in [5, 5.41) is 0. The van der Waals surface area contributed by atoms with Crippen LogP contribution in [-0.2, 0) is 5.41 Å². The Bertz CT molecular complexity index is 420. The summed E-state index contributed by atoms with van der Waals surface area (Å²) in [6.45, 7) is 0. The molecule has 3 rings (SSSR count). The molecular weight excluding hydrogens is 196 g/mol. The van der Waals surface area contributed by atoms with Crippen LogP contribution in [0.15, 0.2) is 18.2 Å². The molecule has 1 nitrogen and oxygen atoms in total. The van der Waals surface area contributed by atoms with Gasteiger partial charge in [-0.3, -0.25) is 0 Å². The van der Waals surface area contributed by atoms with Gasteiger partial charge >= 0.3 is 0 Å². The van der Waals surface area contributed by atoms with Gasteiger partial charge in [-0.1, -0.05) is 0 Å². The molecule has 0 bridgehead atoms. The predicted octanol–water partition coefficient (Wildman–Crippen LogP) is 2.49. The molecule has 2 N–H and O–H groups in total. The third kappa shape index (κ3) is 1.16. The van der Waals surface area contributed by atoms with Crippen molar-refractivity contribution < 1.29 is 8.78 Å². The molecular formula is C12H13F2N. The molecule has 0 unspecified atom stereocenters. The van der Waals surface area contributed by atoms with Gasteiger partial charge in [0.1, 0.15) is 11.6 Å². The summed E-state index contributed by atoms with van der Waals surface area (Å²) in [7, 11) is 0. The Morgan fingerprint density at radius 3 is 2.27 bits per heavy atom. The molecule has 0 saturated heterocycles. The number of benzene rings is 1. The van der Waals surface area contributed by atoms with Crippen LogP contribution in [0.5, 0.6) is 0 Å². The zero-order chi connectivity index (χ0) is 10.7. The van der Waals surface area contributed by atoms with Crippen molar-refractivity contribution in [3.05, 3.63) is 35.4 Å². The Labute approximate surface area is 87.3 Å². The first-order valence-corrected chi connectivity index (χ1v) is 5.32. The van der Waals surface area contributed by atoms with Crippen molar-refractivity contribution in [2.45, 2.75) is 36.6 Å². The predicted molar refractivity (Wildman–Crippen MR) is 53.4 cm³/mol. The van der Waals surface area contributed by atoms with Crippen molar-refractivity contribution >= 4 is 0 Å². The first-order chi connectivity index (χ1) is 7.07. The van der Waals surface area contributed by atoms with Crippen LogP contribution in [0.1, 0.15) is 31.2 Å². The number of halogens is 2. The number of nitrogens with two attached hydrogens (primary N) is 1. The average molecular weight is 209 g/mol. The molecule has 3 heteroatoms. The molecule has 0 radical (unpaired) electrons. The van der Waals surface area contributed by atoms with Gasteiger partial charge in [-0.05, 0) is 49.4 Å². The highest BCUT2D eigenvalue weighted by molar-refractivity contribution is 5.41. The number of hydrogen-bond acceptors (Lipinski definition) is 1. The smallest absolute Gasteiger partial charge is 0.127 e. The van der Waals surface area contributed by atoms with Crippen LogP contribution in [0, 0.1) is 11.6 Å². The lowest BCUT2D eigenvalue weighted by Crippen LogP contribution is -2.37. The van der Waals surface area contributed by atoms with Crippen molar-refractivity contribution in [3.8, 4) is 0 Å². The Morgan fingerprint density at radius 1 is 1.07 bits per heavy atom. The van der Waals surface area contributed by atoms with E-state index in [9.17, 15) is 8.78 Å². The zero-order valence-corrected chi connectivity index (χ0v) is 8.39. The number of hydrogen-bond donors (Lipinski definition) is 1. The van der Waals surface area contributed by atoms with Crippen molar-refractivity contribution in [1.29, 1.82) is 0 Å². The lowest BCUT2D eigenvalue weighted by atomic mass is 9.86. The second kappa shape index (κ2) is 2.59. The Kier molecular flexibility index (Phi) is 1.60. The molecule has 0 aromatic heterocycles. The highest BCUT2D eigenvalue weighted by Crippen LogP contribution is 2.63. The minimum absolute atomic E-state index is 0.262. The van der Waals surface area contributed by atoms with Crippen LogP contribution >= 0.6 is 0 Å². The van der Waals surface area contributed by atoms with Gasteiger partial charge in [0, 0.05) is 11.0 Å². The van der Waals surface area contributed by atoms with Gasteiger partial charge in [0.2, 0.25) is 0 Å². The summed E-state index contributed by atoms with van der Waals surface area (Å²) < 4.78 is 26.7. The molecule has 2 saturated carbocycles. The highest BCUT2D eigenvalue weighted by atomic mass is 19.1. The average Bonchev–Trinajstić information content (AvgIpc) is 3.05. The maximum absolute atomic E-state index is 13.6. The lowest BCUT2D eigenvalue weighted by Gasteiger charge is -2.23. The van der Waals surface area contributed by atoms with E-state index in [0.717, 1.165) is 31.7 Å². The van der Waals surface area contributed by atoms with Crippen molar-refractivity contribution in [2.75, 3.05) is 0 Å². The van der Waals surface area contributed by atoms with E-state index in [1.807, 2.05) is 0 Å². The second-order valence-corrected chi connectivity index (χ2v) is 4.86. The van der Waals surface area contributed by atoms with E-state index in [0.29, 0.717) is 5.56 Å². The minimum atomic E-state index is -0.373. The van der Waals surface area contributed by atoms with Gasteiger partial charge in [0.05, 0.1) is 0 Å². The van der Waals surface area contributed by atoms with Crippen molar-refractivity contribution in [1.82, 2.24) is 0 Å². The van der Waals surface area contributed by atoms with E-state index in [-0.39, 0.29) is 22.6 Å². The normalized spacial score (nSPS) is 25.0. The summed E-state index contributed by atoms with van der Waals surface area (Å²) in [5.41, 5.74) is 6.11. The maximum atomic E-state index is 13.6. The van der Waals surface area contributed by atoms with E-state index >= 15 is 0 Å². The van der Waals surface area contributed by atoms with Gasteiger partial charge in [-0.15, -0.1) is 0 Å². The molecule has 0 heterocycles. The maximum Gasteiger partial charge on any atom is 0.127 e. The van der Waals surface area contributed by atoms with E-state index in [1.54, 1.807) is 0 Å². The largest absolute Gasteiger partial charge is 0.324 e. The van der Waals surface area contributed by atoms with Crippen molar-refractivity contribution in [2.24, 2.45) is 5.73 Å². The Balaban J connectivity index is 2.09. The van der Waals surface area contributed by atoms with Gasteiger partial charge in [0.15, 0.2) is 0 Å². The molecule has 2 aliphatic rings. The van der Waals surface area contributed by atoms with Crippen molar-refractivity contribution in [3.63, 3.8) is 0 Å². The Morgan fingerprint density at radius 2 is 1.73 bits per heavy atom. The quantitative estimate of drug-likeness (QED) is 0.795. The molecule has 0 aliphatic heterocycles.